The van der Waals surface area contributed by atoms with Gasteiger partial charge in [0.2, 0.25) is 11.7 Å². The molecule has 0 amide bonds. The molecular weight excluding hydrogens is 490 g/mol. The van der Waals surface area contributed by atoms with Crippen LogP contribution in [-0.2, 0) is 7.05 Å². The Morgan fingerprint density at radius 2 is 1.71 bits per heavy atom. The SMILES string of the molecule is Cn1c2[n+](c3ccncc31)[N+]13c4c(cccc4-2)Oc2ccc4c(c21)C1c2c(cccc2-c2ccc[n+]3c21)S4. The molecule has 38 heavy (non-hydrogen) atoms. The summed E-state index contributed by atoms with van der Waals surface area (Å²) in [6, 6.07) is 24.4. The van der Waals surface area contributed by atoms with Crippen molar-refractivity contribution in [3.8, 4) is 34.0 Å². The summed E-state index contributed by atoms with van der Waals surface area (Å²) in [6.45, 7) is 0. The summed E-state index contributed by atoms with van der Waals surface area (Å²) in [5, 5.41) is 0. The fourth-order valence-corrected chi connectivity index (χ4v) is 9.13. The second-order valence-electron chi connectivity index (χ2n) is 10.6. The van der Waals surface area contributed by atoms with E-state index in [2.05, 4.69) is 98.9 Å². The van der Waals surface area contributed by atoms with E-state index in [1.807, 2.05) is 24.2 Å². The molecule has 0 saturated carbocycles. The lowest BCUT2D eigenvalue weighted by Crippen LogP contribution is -2.85. The molecule has 6 nitrogen and oxygen atoms in total. The summed E-state index contributed by atoms with van der Waals surface area (Å²) in [7, 11) is 2.15. The number of hydrogen-bond donors (Lipinski definition) is 0. The number of nitrogens with zero attached hydrogens (tertiary/aromatic N) is 5. The van der Waals surface area contributed by atoms with Gasteiger partial charge in [-0.3, -0.25) is 4.98 Å². The van der Waals surface area contributed by atoms with E-state index >= 15 is 0 Å². The number of hydrogen-bond acceptors (Lipinski definition) is 3. The smallest absolute Gasteiger partial charge is 0.354 e. The lowest BCUT2D eigenvalue weighted by Gasteiger charge is -2.37. The lowest BCUT2D eigenvalue weighted by molar-refractivity contribution is -1.03. The summed E-state index contributed by atoms with van der Waals surface area (Å²) >= 11 is 1.90. The van der Waals surface area contributed by atoms with Crippen molar-refractivity contribution in [2.24, 2.45) is 7.05 Å². The van der Waals surface area contributed by atoms with E-state index in [-0.39, 0.29) is 5.92 Å². The third-order valence-electron chi connectivity index (χ3n) is 9.15. The number of ether oxygens (including phenoxy) is 1. The third-order valence-corrected chi connectivity index (χ3v) is 10.3. The van der Waals surface area contributed by atoms with Crippen LogP contribution in [0.2, 0.25) is 0 Å². The molecule has 2 unspecified atom stereocenters. The maximum atomic E-state index is 6.78. The molecule has 0 fully saturated rings. The zero-order valence-corrected chi connectivity index (χ0v) is 21.0. The van der Waals surface area contributed by atoms with Crippen LogP contribution >= 0.6 is 11.8 Å². The number of rotatable bonds is 0. The Labute approximate surface area is 221 Å². The molecule has 3 aromatic heterocycles. The van der Waals surface area contributed by atoms with Gasteiger partial charge in [0.25, 0.3) is 17.1 Å². The van der Waals surface area contributed by atoms with Gasteiger partial charge >= 0.3 is 5.82 Å². The van der Waals surface area contributed by atoms with Gasteiger partial charge < -0.3 is 4.74 Å². The molecule has 0 radical (unpaired) electrons. The Balaban J connectivity index is 1.46. The second kappa shape index (κ2) is 5.67. The molecule has 11 rings (SSSR count). The molecule has 0 saturated heterocycles. The number of imidazole rings is 1. The molecule has 2 atom stereocenters. The van der Waals surface area contributed by atoms with Crippen molar-refractivity contribution in [2.45, 2.75) is 15.7 Å². The highest BCUT2D eigenvalue weighted by molar-refractivity contribution is 7.99. The molecule has 1 spiro atoms. The first-order chi connectivity index (χ1) is 18.8. The van der Waals surface area contributed by atoms with Crippen LogP contribution in [0.1, 0.15) is 22.7 Å². The Hall–Kier alpha value is -4.46. The van der Waals surface area contributed by atoms with E-state index in [1.165, 1.54) is 54.7 Å². The van der Waals surface area contributed by atoms with E-state index in [0.717, 1.165) is 28.4 Å². The number of benzene rings is 3. The minimum absolute atomic E-state index is 0.186. The first kappa shape index (κ1) is 18.7. The zero-order valence-electron chi connectivity index (χ0n) is 20.2. The normalized spacial score (nSPS) is 20.7. The van der Waals surface area contributed by atoms with Crippen LogP contribution in [0.3, 0.4) is 0 Å². The molecule has 0 N–H and O–H groups in total. The predicted molar refractivity (Wildman–Crippen MR) is 142 cm³/mol. The molecular formula is C31H18N5OS+3. The van der Waals surface area contributed by atoms with Crippen molar-refractivity contribution in [1.82, 2.24) is 14.3 Å². The number of aryl methyl sites for hydroxylation is 1. The van der Waals surface area contributed by atoms with Gasteiger partial charge in [-0.25, -0.2) is 4.57 Å². The fourth-order valence-electron chi connectivity index (χ4n) is 7.94. The average molecular weight is 509 g/mol. The molecule has 0 bridgehead atoms. The molecule has 5 aliphatic rings. The van der Waals surface area contributed by atoms with Crippen LogP contribution in [0.5, 0.6) is 11.5 Å². The van der Waals surface area contributed by atoms with Crippen molar-refractivity contribution in [3.05, 3.63) is 102 Å². The quantitative estimate of drug-likeness (QED) is 0.194. The molecule has 4 aliphatic heterocycles. The Morgan fingerprint density at radius 1 is 0.868 bits per heavy atom. The standard InChI is InChI=1S/C31H18N5OS/c1-33-20-15-32-13-12-19(20)35-31(33)18-6-2-8-21-29(18)36(35)30-22(37-21)10-11-24-26(30)27-25-16(5-3-9-23(25)38-24)17-7-4-14-34(36)28(17)27/h2-15,27H,1H3/q+3. The minimum Gasteiger partial charge on any atom is -0.444 e. The average Bonchev–Trinajstić information content (AvgIpc) is 3.57. The Morgan fingerprint density at radius 3 is 2.68 bits per heavy atom. The van der Waals surface area contributed by atoms with Crippen LogP contribution in [0.15, 0.2) is 95.1 Å². The maximum absolute atomic E-state index is 6.78. The molecule has 3 aromatic carbocycles. The first-order valence-corrected chi connectivity index (χ1v) is 13.7. The van der Waals surface area contributed by atoms with Crippen molar-refractivity contribution in [2.75, 3.05) is 0 Å². The minimum atomic E-state index is 0.186. The Kier molecular flexibility index (Phi) is 2.80. The van der Waals surface area contributed by atoms with E-state index in [0.29, 0.717) is 4.70 Å². The fraction of sp³-hybridized carbons (Fsp3) is 0.0645. The van der Waals surface area contributed by atoms with Crippen LogP contribution in [0, 0.1) is 0 Å². The van der Waals surface area contributed by atoms with E-state index < -0.39 is 0 Å². The zero-order chi connectivity index (χ0) is 24.5. The summed E-state index contributed by atoms with van der Waals surface area (Å²) in [5.74, 6) is 3.17. The van der Waals surface area contributed by atoms with Gasteiger partial charge in [-0.1, -0.05) is 30.0 Å². The van der Waals surface area contributed by atoms with Gasteiger partial charge in [-0.15, -0.1) is 0 Å². The number of fused-ring (bicyclic) bond motifs is 5. The van der Waals surface area contributed by atoms with Crippen molar-refractivity contribution in [1.29, 1.82) is 0 Å². The molecule has 6 aromatic rings. The lowest BCUT2D eigenvalue weighted by atomic mass is 9.87. The highest BCUT2D eigenvalue weighted by atomic mass is 32.2. The van der Waals surface area contributed by atoms with Gasteiger partial charge in [0.05, 0.1) is 24.4 Å². The number of quaternary nitrogens is 1. The predicted octanol–water partition coefficient (Wildman–Crippen LogP) is 5.74. The number of aromatic nitrogens is 4. The van der Waals surface area contributed by atoms with Gasteiger partial charge in [0.1, 0.15) is 16.2 Å². The highest BCUT2D eigenvalue weighted by Crippen LogP contribution is 2.67. The first-order valence-electron chi connectivity index (χ1n) is 12.9. The highest BCUT2D eigenvalue weighted by Gasteiger charge is 2.73. The Bertz CT molecular complexity index is 2180. The monoisotopic (exact) mass is 508 g/mol. The molecule has 7 heterocycles. The maximum Gasteiger partial charge on any atom is 0.354 e. The van der Waals surface area contributed by atoms with Crippen molar-refractivity contribution in [3.63, 3.8) is 0 Å². The van der Waals surface area contributed by atoms with Crippen LogP contribution < -0.4 is 18.8 Å². The number of pyridine rings is 2. The summed E-state index contributed by atoms with van der Waals surface area (Å²) < 4.78 is 14.5. The topological polar surface area (TPSA) is 34.8 Å². The van der Waals surface area contributed by atoms with Gasteiger partial charge in [-0.2, -0.15) is 0 Å². The van der Waals surface area contributed by atoms with Crippen LogP contribution in [-0.4, -0.2) is 9.55 Å². The van der Waals surface area contributed by atoms with E-state index in [9.17, 15) is 0 Å². The second-order valence-corrected chi connectivity index (χ2v) is 11.7. The summed E-state index contributed by atoms with van der Waals surface area (Å²) in [5.41, 5.74) is 12.7. The largest absolute Gasteiger partial charge is 0.444 e. The van der Waals surface area contributed by atoms with Crippen molar-refractivity contribution < 1.29 is 14.1 Å². The summed E-state index contributed by atoms with van der Waals surface area (Å²) in [6.07, 6.45) is 6.17. The summed E-state index contributed by atoms with van der Waals surface area (Å²) in [4.78, 5) is 7.18. The van der Waals surface area contributed by atoms with Crippen LogP contribution in [0.4, 0.5) is 11.4 Å². The molecule has 176 valence electrons. The molecule has 7 heteroatoms. The number of para-hydroxylation sites is 1. The van der Waals surface area contributed by atoms with Crippen LogP contribution in [0.25, 0.3) is 33.5 Å². The van der Waals surface area contributed by atoms with Gasteiger partial charge in [-0.05, 0) is 47.5 Å². The van der Waals surface area contributed by atoms with Gasteiger partial charge in [0, 0.05) is 37.5 Å². The molecule has 1 aliphatic carbocycles. The van der Waals surface area contributed by atoms with Gasteiger partial charge in [0.15, 0.2) is 17.0 Å². The van der Waals surface area contributed by atoms with E-state index in [4.69, 9.17) is 4.74 Å². The van der Waals surface area contributed by atoms with E-state index in [1.54, 1.807) is 0 Å². The third kappa shape index (κ3) is 1.65. The van der Waals surface area contributed by atoms with Crippen molar-refractivity contribution >= 4 is 34.2 Å².